The summed E-state index contributed by atoms with van der Waals surface area (Å²) in [7, 11) is 0. The molecule has 2 heteroatoms. The van der Waals surface area contributed by atoms with Crippen LogP contribution in [-0.4, -0.2) is 6.54 Å². The van der Waals surface area contributed by atoms with Gasteiger partial charge in [0, 0.05) is 12.0 Å². The Kier molecular flexibility index (Phi) is 3.06. The zero-order chi connectivity index (χ0) is 9.03. The fourth-order valence-corrected chi connectivity index (χ4v) is 1.76. The van der Waals surface area contributed by atoms with Crippen molar-refractivity contribution < 1.29 is 0 Å². The van der Waals surface area contributed by atoms with Crippen molar-refractivity contribution in [2.75, 3.05) is 6.54 Å². The van der Waals surface area contributed by atoms with E-state index in [0.29, 0.717) is 6.54 Å². The molecular formula is C10H15NS. The zero-order valence-electron chi connectivity index (χ0n) is 7.42. The third-order valence-electron chi connectivity index (χ3n) is 2.15. The van der Waals surface area contributed by atoms with Crippen molar-refractivity contribution in [1.82, 2.24) is 0 Å². The van der Waals surface area contributed by atoms with E-state index in [1.165, 1.54) is 5.56 Å². The quantitative estimate of drug-likeness (QED) is 0.709. The van der Waals surface area contributed by atoms with Crippen LogP contribution < -0.4 is 5.73 Å². The summed E-state index contributed by atoms with van der Waals surface area (Å²) in [5.41, 5.74) is 7.08. The van der Waals surface area contributed by atoms with Gasteiger partial charge in [0.05, 0.1) is 0 Å². The molecule has 0 aromatic carbocycles. The first-order valence-electron chi connectivity index (χ1n) is 4.05. The van der Waals surface area contributed by atoms with E-state index in [2.05, 4.69) is 30.3 Å². The van der Waals surface area contributed by atoms with Crippen LogP contribution in [0.1, 0.15) is 12.5 Å². The molecule has 66 valence electrons. The Morgan fingerprint density at radius 3 is 2.92 bits per heavy atom. The van der Waals surface area contributed by atoms with Gasteiger partial charge in [-0.25, -0.2) is 0 Å². The van der Waals surface area contributed by atoms with E-state index in [4.69, 9.17) is 5.73 Å². The standard InChI is InChI=1S/C10H15NS/c1-3-10(2,8-11)6-9-4-5-12-7-9/h3-5,7H,1,6,8,11H2,2H3. The highest BCUT2D eigenvalue weighted by atomic mass is 32.1. The Hall–Kier alpha value is -0.600. The van der Waals surface area contributed by atoms with Gasteiger partial charge in [-0.05, 0) is 28.8 Å². The average molecular weight is 181 g/mol. The van der Waals surface area contributed by atoms with E-state index in [0.717, 1.165) is 6.42 Å². The highest BCUT2D eigenvalue weighted by Crippen LogP contribution is 2.23. The molecule has 1 aromatic heterocycles. The van der Waals surface area contributed by atoms with Crippen LogP contribution in [-0.2, 0) is 6.42 Å². The van der Waals surface area contributed by atoms with E-state index >= 15 is 0 Å². The van der Waals surface area contributed by atoms with Gasteiger partial charge in [0.25, 0.3) is 0 Å². The SMILES string of the molecule is C=CC(C)(CN)Cc1ccsc1. The molecule has 2 N–H and O–H groups in total. The molecule has 1 nitrogen and oxygen atoms in total. The maximum absolute atomic E-state index is 5.67. The van der Waals surface area contributed by atoms with Crippen molar-refractivity contribution in [3.05, 3.63) is 35.0 Å². The molecule has 0 aliphatic carbocycles. The summed E-state index contributed by atoms with van der Waals surface area (Å²) < 4.78 is 0. The van der Waals surface area contributed by atoms with Gasteiger partial charge in [-0.2, -0.15) is 11.3 Å². The largest absolute Gasteiger partial charge is 0.330 e. The van der Waals surface area contributed by atoms with Gasteiger partial charge in [0.15, 0.2) is 0 Å². The predicted octanol–water partition coefficient (Wildman–Crippen LogP) is 2.44. The molecule has 0 radical (unpaired) electrons. The van der Waals surface area contributed by atoms with E-state index in [1.54, 1.807) is 11.3 Å². The second-order valence-electron chi connectivity index (χ2n) is 3.37. The predicted molar refractivity (Wildman–Crippen MR) is 55.4 cm³/mol. The summed E-state index contributed by atoms with van der Waals surface area (Å²) in [6.07, 6.45) is 2.95. The minimum absolute atomic E-state index is 0.0566. The summed E-state index contributed by atoms with van der Waals surface area (Å²) in [6.45, 7) is 6.60. The minimum Gasteiger partial charge on any atom is -0.330 e. The molecule has 0 aliphatic rings. The number of hydrogen-bond acceptors (Lipinski definition) is 2. The molecule has 1 aromatic rings. The number of nitrogens with two attached hydrogens (primary N) is 1. The molecular weight excluding hydrogens is 166 g/mol. The molecule has 0 spiro atoms. The Morgan fingerprint density at radius 1 is 1.75 bits per heavy atom. The first-order valence-corrected chi connectivity index (χ1v) is 4.99. The molecule has 1 heterocycles. The second kappa shape index (κ2) is 3.87. The summed E-state index contributed by atoms with van der Waals surface area (Å²) >= 11 is 1.73. The lowest BCUT2D eigenvalue weighted by atomic mass is 9.85. The lowest BCUT2D eigenvalue weighted by Crippen LogP contribution is -2.26. The van der Waals surface area contributed by atoms with Crippen molar-refractivity contribution in [2.24, 2.45) is 11.1 Å². The Labute approximate surface area is 77.9 Å². The van der Waals surface area contributed by atoms with Crippen molar-refractivity contribution in [3.8, 4) is 0 Å². The van der Waals surface area contributed by atoms with Crippen molar-refractivity contribution in [2.45, 2.75) is 13.3 Å². The van der Waals surface area contributed by atoms with Crippen LogP contribution in [0, 0.1) is 5.41 Å². The molecule has 0 saturated heterocycles. The van der Waals surface area contributed by atoms with Crippen molar-refractivity contribution in [3.63, 3.8) is 0 Å². The molecule has 12 heavy (non-hydrogen) atoms. The summed E-state index contributed by atoms with van der Waals surface area (Å²) in [6, 6.07) is 2.14. The number of thiophene rings is 1. The van der Waals surface area contributed by atoms with Crippen molar-refractivity contribution >= 4 is 11.3 Å². The van der Waals surface area contributed by atoms with Crippen LogP contribution in [0.5, 0.6) is 0 Å². The maximum atomic E-state index is 5.67. The maximum Gasteiger partial charge on any atom is 0.00146 e. The first-order chi connectivity index (χ1) is 5.70. The summed E-state index contributed by atoms with van der Waals surface area (Å²) in [5.74, 6) is 0. The third kappa shape index (κ3) is 2.19. The van der Waals surface area contributed by atoms with Crippen LogP contribution in [0.15, 0.2) is 29.5 Å². The highest BCUT2D eigenvalue weighted by Gasteiger charge is 2.18. The Bertz CT molecular complexity index is 240. The summed E-state index contributed by atoms with van der Waals surface area (Å²) in [5, 5.41) is 4.26. The van der Waals surface area contributed by atoms with Gasteiger partial charge >= 0.3 is 0 Å². The molecule has 0 fully saturated rings. The molecule has 0 bridgehead atoms. The zero-order valence-corrected chi connectivity index (χ0v) is 8.23. The Balaban J connectivity index is 2.66. The normalized spacial score (nSPS) is 15.5. The average Bonchev–Trinajstić information content (AvgIpc) is 2.57. The lowest BCUT2D eigenvalue weighted by Gasteiger charge is -2.22. The lowest BCUT2D eigenvalue weighted by molar-refractivity contribution is 0.439. The molecule has 1 atom stereocenters. The minimum atomic E-state index is 0.0566. The van der Waals surface area contributed by atoms with Gasteiger partial charge < -0.3 is 5.73 Å². The second-order valence-corrected chi connectivity index (χ2v) is 4.15. The molecule has 0 aliphatic heterocycles. The fraction of sp³-hybridized carbons (Fsp3) is 0.400. The molecule has 0 amide bonds. The number of rotatable bonds is 4. The molecule has 1 unspecified atom stereocenters. The number of hydrogen-bond donors (Lipinski definition) is 1. The molecule has 1 rings (SSSR count). The third-order valence-corrected chi connectivity index (χ3v) is 2.88. The van der Waals surface area contributed by atoms with Crippen LogP contribution in [0.3, 0.4) is 0 Å². The monoisotopic (exact) mass is 181 g/mol. The Morgan fingerprint density at radius 2 is 2.50 bits per heavy atom. The van der Waals surface area contributed by atoms with E-state index < -0.39 is 0 Å². The fourth-order valence-electron chi connectivity index (χ4n) is 1.09. The van der Waals surface area contributed by atoms with Crippen LogP contribution >= 0.6 is 11.3 Å². The van der Waals surface area contributed by atoms with Gasteiger partial charge in [0.1, 0.15) is 0 Å². The topological polar surface area (TPSA) is 26.0 Å². The summed E-state index contributed by atoms with van der Waals surface area (Å²) in [4.78, 5) is 0. The van der Waals surface area contributed by atoms with Gasteiger partial charge in [-0.1, -0.05) is 13.0 Å². The van der Waals surface area contributed by atoms with Crippen molar-refractivity contribution in [1.29, 1.82) is 0 Å². The molecule has 0 saturated carbocycles. The smallest absolute Gasteiger partial charge is 0.00146 e. The van der Waals surface area contributed by atoms with Crippen LogP contribution in [0.2, 0.25) is 0 Å². The van der Waals surface area contributed by atoms with Gasteiger partial charge in [0.2, 0.25) is 0 Å². The van der Waals surface area contributed by atoms with E-state index in [-0.39, 0.29) is 5.41 Å². The highest BCUT2D eigenvalue weighted by molar-refractivity contribution is 7.07. The van der Waals surface area contributed by atoms with E-state index in [1.807, 2.05) is 6.08 Å². The van der Waals surface area contributed by atoms with Gasteiger partial charge in [-0.3, -0.25) is 0 Å². The van der Waals surface area contributed by atoms with Crippen LogP contribution in [0.25, 0.3) is 0 Å². The van der Waals surface area contributed by atoms with E-state index in [9.17, 15) is 0 Å². The van der Waals surface area contributed by atoms with Gasteiger partial charge in [-0.15, -0.1) is 6.58 Å². The van der Waals surface area contributed by atoms with Crippen LogP contribution in [0.4, 0.5) is 0 Å². The first kappa shape index (κ1) is 9.49.